The van der Waals surface area contributed by atoms with E-state index in [1.807, 2.05) is 20.8 Å². The number of rotatable bonds is 1. The molecule has 0 spiro atoms. The zero-order valence-corrected chi connectivity index (χ0v) is 9.02. The molecule has 0 aliphatic heterocycles. The van der Waals surface area contributed by atoms with Crippen LogP contribution in [0.25, 0.3) is 0 Å². The minimum atomic E-state index is -0.318. The van der Waals surface area contributed by atoms with Crippen LogP contribution in [0.3, 0.4) is 0 Å². The fraction of sp³-hybridized carbons (Fsp3) is 0.800. The summed E-state index contributed by atoms with van der Waals surface area (Å²) >= 11 is 0. The van der Waals surface area contributed by atoms with Crippen molar-refractivity contribution in [1.82, 2.24) is 0 Å². The van der Waals surface area contributed by atoms with Crippen molar-refractivity contribution in [3.05, 3.63) is 0 Å². The summed E-state index contributed by atoms with van der Waals surface area (Å²) in [7, 11) is 0. The third-order valence-electron chi connectivity index (χ3n) is 0.402. The van der Waals surface area contributed by atoms with Gasteiger partial charge in [0.05, 0.1) is 0 Å². The molecule has 0 unspecified atom stereocenters. The zero-order valence-electron chi connectivity index (χ0n) is 5.89. The molecule has 0 aromatic carbocycles. The second kappa shape index (κ2) is 4.94. The Bertz CT molecular complexity index is 65.3. The Hall–Kier alpha value is 1.11. The molecule has 0 heterocycles. The molecule has 0 bridgehead atoms. The van der Waals surface area contributed by atoms with E-state index in [1.54, 1.807) is 0 Å². The fourth-order valence-corrected chi connectivity index (χ4v) is 0.144. The van der Waals surface area contributed by atoms with Crippen LogP contribution in [0.1, 0.15) is 20.8 Å². The molecule has 8 heavy (non-hydrogen) atoms. The average Bonchev–Trinajstić information content (AvgIpc) is 1.30. The first-order chi connectivity index (χ1) is 3.06. The van der Waals surface area contributed by atoms with Crippen molar-refractivity contribution >= 4 is 57.9 Å². The van der Waals surface area contributed by atoms with Gasteiger partial charge in [-0.05, 0) is 20.8 Å². The molecule has 2 nitrogen and oxygen atoms in total. The van der Waals surface area contributed by atoms with E-state index in [0.717, 1.165) is 0 Å². The molecule has 1 radical (unpaired) electrons. The van der Waals surface area contributed by atoms with Gasteiger partial charge < -0.3 is 4.74 Å². The van der Waals surface area contributed by atoms with Crippen LogP contribution in [0.2, 0.25) is 0 Å². The van der Waals surface area contributed by atoms with Gasteiger partial charge in [-0.2, -0.15) is 0 Å². The first-order valence-electron chi connectivity index (χ1n) is 2.18. The number of hydrogen-bond donors (Lipinski definition) is 0. The molecule has 0 aromatic heterocycles. The van der Waals surface area contributed by atoms with Crippen molar-refractivity contribution < 1.29 is 9.53 Å². The third kappa shape index (κ3) is 10.2. The molecule has 0 aliphatic rings. The van der Waals surface area contributed by atoms with Crippen LogP contribution in [0.15, 0.2) is 0 Å². The second-order valence-electron chi connectivity index (χ2n) is 2.33. The van der Waals surface area contributed by atoms with Crippen molar-refractivity contribution in [2.75, 3.05) is 0 Å². The molecule has 0 amide bonds. The predicted molar refractivity (Wildman–Crippen MR) is 32.7 cm³/mol. The molecule has 0 saturated carbocycles. The summed E-state index contributed by atoms with van der Waals surface area (Å²) in [5.74, 6) is 0. The van der Waals surface area contributed by atoms with Gasteiger partial charge in [-0.25, -0.2) is 0 Å². The summed E-state index contributed by atoms with van der Waals surface area (Å²) in [5, 5.41) is 0. The van der Waals surface area contributed by atoms with E-state index < -0.39 is 0 Å². The van der Waals surface area contributed by atoms with E-state index in [1.165, 1.54) is 0 Å². The summed E-state index contributed by atoms with van der Waals surface area (Å²) < 4.78 is 4.55. The van der Waals surface area contributed by atoms with E-state index >= 15 is 0 Å². The quantitative estimate of drug-likeness (QED) is 0.394. The van der Waals surface area contributed by atoms with E-state index in [4.69, 9.17) is 0 Å². The van der Waals surface area contributed by atoms with Crippen LogP contribution in [0, 0.1) is 0 Å². The summed E-state index contributed by atoms with van der Waals surface area (Å²) in [6.45, 7) is 5.92. The monoisotopic (exact) mass is 141 g/mol. The largest absolute Gasteiger partial charge is 0.462 e. The van der Waals surface area contributed by atoms with E-state index in [2.05, 4.69) is 4.74 Å². The second-order valence-corrected chi connectivity index (χ2v) is 2.33. The van der Waals surface area contributed by atoms with Gasteiger partial charge >= 0.3 is 0 Å². The van der Waals surface area contributed by atoms with E-state index in [9.17, 15) is 4.79 Å². The van der Waals surface area contributed by atoms with Crippen LogP contribution in [0.5, 0.6) is 0 Å². The van der Waals surface area contributed by atoms with Gasteiger partial charge in [0.25, 0.3) is 6.47 Å². The fourth-order valence-electron chi connectivity index (χ4n) is 0.144. The average molecular weight is 141 g/mol. The summed E-state index contributed by atoms with van der Waals surface area (Å²) in [6.07, 6.45) is 0. The summed E-state index contributed by atoms with van der Waals surface area (Å²) in [6, 6.07) is 0. The molecule has 0 atom stereocenters. The van der Waals surface area contributed by atoms with Crippen molar-refractivity contribution in [3.63, 3.8) is 0 Å². The van der Waals surface area contributed by atoms with Crippen molar-refractivity contribution in [2.45, 2.75) is 26.4 Å². The van der Waals surface area contributed by atoms with Crippen LogP contribution in [-0.4, -0.2) is 63.5 Å². The van der Waals surface area contributed by atoms with E-state index in [-0.39, 0.29) is 57.0 Å². The predicted octanol–water partition coefficient (Wildman–Crippen LogP) is 0.577. The molecule has 0 aromatic rings. The van der Waals surface area contributed by atoms with Gasteiger partial charge in [0, 0.05) is 51.4 Å². The van der Waals surface area contributed by atoms with Crippen LogP contribution in [-0.2, 0) is 9.53 Å². The maximum absolute atomic E-state index is 9.60. The number of hydrogen-bond acceptors (Lipinski definition) is 2. The van der Waals surface area contributed by atoms with Gasteiger partial charge in [-0.15, -0.1) is 0 Å². The Morgan fingerprint density at radius 3 is 1.75 bits per heavy atom. The van der Waals surface area contributed by atoms with Crippen molar-refractivity contribution in [2.24, 2.45) is 0 Å². The molecular formula is C5H10KO2. The molecule has 43 valence electrons. The number of carbonyl (C=O) groups excluding carboxylic acids is 1. The number of carbonyl (C=O) groups is 1. The zero-order chi connectivity index (χ0) is 5.91. The third-order valence-corrected chi connectivity index (χ3v) is 0.402. The van der Waals surface area contributed by atoms with Gasteiger partial charge in [-0.3, -0.25) is 4.79 Å². The van der Waals surface area contributed by atoms with Gasteiger partial charge in [0.1, 0.15) is 5.60 Å². The Labute approximate surface area is 92.4 Å². The Kier molecular flexibility index (Phi) is 7.31. The van der Waals surface area contributed by atoms with Gasteiger partial charge in [-0.1, -0.05) is 0 Å². The SMILES string of the molecule is CC(C)(C)OC=O.[K]. The maximum atomic E-state index is 9.60. The Morgan fingerprint density at radius 1 is 1.38 bits per heavy atom. The van der Waals surface area contributed by atoms with Gasteiger partial charge in [0.15, 0.2) is 0 Å². The Morgan fingerprint density at radius 2 is 1.75 bits per heavy atom. The molecule has 0 aliphatic carbocycles. The summed E-state index contributed by atoms with van der Waals surface area (Å²) in [5.41, 5.74) is -0.318. The summed E-state index contributed by atoms with van der Waals surface area (Å²) in [4.78, 5) is 9.60. The Balaban J connectivity index is 0. The maximum Gasteiger partial charge on any atom is 0.293 e. The smallest absolute Gasteiger partial charge is 0.293 e. The topological polar surface area (TPSA) is 26.3 Å². The molecule has 0 rings (SSSR count). The van der Waals surface area contributed by atoms with Crippen LogP contribution < -0.4 is 0 Å². The minimum Gasteiger partial charge on any atom is -0.462 e. The normalized spacial score (nSPS) is 9.38. The molecule has 0 fully saturated rings. The molecule has 3 heteroatoms. The molecular weight excluding hydrogens is 131 g/mol. The van der Waals surface area contributed by atoms with E-state index in [0.29, 0.717) is 6.47 Å². The minimum absolute atomic E-state index is 0. The molecule has 0 saturated heterocycles. The van der Waals surface area contributed by atoms with Crippen LogP contribution >= 0.6 is 0 Å². The van der Waals surface area contributed by atoms with Crippen molar-refractivity contribution in [3.8, 4) is 0 Å². The molecule has 0 N–H and O–H groups in total. The van der Waals surface area contributed by atoms with Gasteiger partial charge in [0.2, 0.25) is 0 Å². The first kappa shape index (κ1) is 11.8. The number of ether oxygens (including phenoxy) is 1. The standard InChI is InChI=1S/C5H10O2.K/c1-5(2,3)7-4-6;/h4H,1-3H3;. The van der Waals surface area contributed by atoms with Crippen molar-refractivity contribution in [1.29, 1.82) is 0 Å². The first-order valence-corrected chi connectivity index (χ1v) is 2.18. The van der Waals surface area contributed by atoms with Crippen LogP contribution in [0.4, 0.5) is 0 Å².